The Bertz CT molecular complexity index is 797. The second kappa shape index (κ2) is 12.4. The number of hydrogen-bond acceptors (Lipinski definition) is 3. The van der Waals surface area contributed by atoms with Crippen molar-refractivity contribution in [3.63, 3.8) is 0 Å². The topological polar surface area (TPSA) is 26.7 Å². The van der Waals surface area contributed by atoms with Crippen LogP contribution in [0.5, 0.6) is 0 Å². The zero-order valence-electron chi connectivity index (χ0n) is 22.1. The van der Waals surface area contributed by atoms with Crippen molar-refractivity contribution >= 4 is 0 Å². The first-order valence-electron chi connectivity index (χ1n) is 15.1. The van der Waals surface area contributed by atoms with Crippen molar-refractivity contribution in [3.8, 4) is 0 Å². The molecule has 1 saturated carbocycles. The Morgan fingerprint density at radius 3 is 2.29 bits per heavy atom. The first-order valence-corrected chi connectivity index (χ1v) is 15.1. The van der Waals surface area contributed by atoms with Crippen LogP contribution in [0, 0.1) is 17.3 Å². The summed E-state index contributed by atoms with van der Waals surface area (Å²) in [5.74, 6) is 1.11. The normalized spacial score (nSPS) is 40.7. The van der Waals surface area contributed by atoms with Crippen LogP contribution in [-0.2, 0) is 0 Å². The van der Waals surface area contributed by atoms with Gasteiger partial charge in [-0.1, -0.05) is 100 Å². The fourth-order valence-corrected chi connectivity index (χ4v) is 8.25. The molecule has 6 atom stereocenters. The highest BCUT2D eigenvalue weighted by molar-refractivity contribution is 5.28. The van der Waals surface area contributed by atoms with E-state index in [1.807, 2.05) is 0 Å². The van der Waals surface area contributed by atoms with Crippen LogP contribution in [0.15, 0.2) is 48.1 Å². The molecule has 5 rings (SSSR count). The maximum Gasteiger partial charge on any atom is 0.0808 e. The molecule has 1 spiro atoms. The number of aliphatic hydroxyl groups excluding tert-OH is 1. The lowest BCUT2D eigenvalue weighted by Crippen LogP contribution is -2.68. The van der Waals surface area contributed by atoms with Crippen LogP contribution in [0.4, 0.5) is 0 Å². The number of piperidine rings is 2. The lowest BCUT2D eigenvalue weighted by Gasteiger charge is -2.63. The third-order valence-electron chi connectivity index (χ3n) is 9.96. The van der Waals surface area contributed by atoms with Crippen LogP contribution < -0.4 is 0 Å². The van der Waals surface area contributed by atoms with Gasteiger partial charge in [-0.3, -0.25) is 4.90 Å². The SMILES string of the molecule is O[C@H]1C2=CC/C=C\C=CC=CCCN3CC45CCCCCCCCCCCCN(CC1C4CC23)C5. The Kier molecular flexibility index (Phi) is 9.02. The van der Waals surface area contributed by atoms with Gasteiger partial charge in [0.1, 0.15) is 0 Å². The van der Waals surface area contributed by atoms with Gasteiger partial charge >= 0.3 is 0 Å². The molecule has 5 unspecified atom stereocenters. The molecular weight excluding hydrogens is 428 g/mol. The maximum atomic E-state index is 11.9. The van der Waals surface area contributed by atoms with E-state index in [9.17, 15) is 5.11 Å². The standard InChI is InChI=1S/C32H50N2O/c35-31-27-19-15-11-7-3-6-10-14-18-22-34-26-32-20-16-12-8-4-1-2-5-9-13-17-21-33(25-32)24-28(31)29(32)23-30(27)34/h3,6-7,10-11,14,19,28-31,35H,1-2,4-5,8-9,12-13,15-18,20-26H2/b6-3?,11-7-,14-10?,27-19?/t28?,29?,30?,31-,32?/m0/s1. The van der Waals surface area contributed by atoms with E-state index in [0.717, 1.165) is 25.9 Å². The van der Waals surface area contributed by atoms with Crippen LogP contribution in [0.2, 0.25) is 0 Å². The quantitative estimate of drug-likeness (QED) is 0.394. The molecule has 1 aliphatic carbocycles. The van der Waals surface area contributed by atoms with Crippen molar-refractivity contribution in [2.75, 3.05) is 32.7 Å². The van der Waals surface area contributed by atoms with Gasteiger partial charge in [0.05, 0.1) is 6.10 Å². The van der Waals surface area contributed by atoms with Gasteiger partial charge in [-0.25, -0.2) is 0 Å². The third kappa shape index (κ3) is 6.05. The maximum absolute atomic E-state index is 11.9. The summed E-state index contributed by atoms with van der Waals surface area (Å²) >= 11 is 0. The molecule has 3 saturated heterocycles. The largest absolute Gasteiger partial charge is 0.388 e. The number of fused-ring (bicyclic) bond motifs is 1. The van der Waals surface area contributed by atoms with Gasteiger partial charge in [0, 0.05) is 38.1 Å². The molecule has 3 nitrogen and oxygen atoms in total. The Hall–Kier alpha value is -1.16. The van der Waals surface area contributed by atoms with Crippen LogP contribution in [0.1, 0.15) is 89.9 Å². The van der Waals surface area contributed by atoms with Gasteiger partial charge in [0.2, 0.25) is 0 Å². The number of rotatable bonds is 0. The van der Waals surface area contributed by atoms with Crippen LogP contribution in [-0.4, -0.2) is 59.8 Å². The van der Waals surface area contributed by atoms with Crippen LogP contribution in [0.3, 0.4) is 0 Å². The average molecular weight is 479 g/mol. The lowest BCUT2D eigenvalue weighted by atomic mass is 9.54. The molecule has 0 aromatic carbocycles. The monoisotopic (exact) mass is 478 g/mol. The summed E-state index contributed by atoms with van der Waals surface area (Å²) in [7, 11) is 0. The zero-order valence-corrected chi connectivity index (χ0v) is 22.1. The Morgan fingerprint density at radius 2 is 1.49 bits per heavy atom. The molecule has 0 radical (unpaired) electrons. The van der Waals surface area contributed by atoms with E-state index in [0.29, 0.717) is 23.3 Å². The zero-order chi connectivity index (χ0) is 23.9. The number of nitrogens with zero attached hydrogens (tertiary/aromatic N) is 2. The molecule has 1 N–H and O–H groups in total. The predicted molar refractivity (Wildman–Crippen MR) is 147 cm³/mol. The van der Waals surface area contributed by atoms with Crippen LogP contribution in [0.25, 0.3) is 0 Å². The lowest BCUT2D eigenvalue weighted by molar-refractivity contribution is -0.140. The van der Waals surface area contributed by atoms with Crippen molar-refractivity contribution in [1.82, 2.24) is 9.80 Å². The molecule has 0 amide bonds. The van der Waals surface area contributed by atoms with Crippen molar-refractivity contribution in [2.24, 2.45) is 17.3 Å². The minimum atomic E-state index is -0.268. The van der Waals surface area contributed by atoms with Crippen molar-refractivity contribution < 1.29 is 5.11 Å². The fraction of sp³-hybridized carbons (Fsp3) is 0.750. The van der Waals surface area contributed by atoms with Gasteiger partial charge < -0.3 is 10.0 Å². The van der Waals surface area contributed by atoms with E-state index in [4.69, 9.17) is 0 Å². The first-order chi connectivity index (χ1) is 17.3. The molecule has 5 aliphatic rings. The van der Waals surface area contributed by atoms with Crippen molar-refractivity contribution in [2.45, 2.75) is 102 Å². The highest BCUT2D eigenvalue weighted by atomic mass is 16.3. The highest BCUT2D eigenvalue weighted by Crippen LogP contribution is 2.55. The Labute approximate surface area is 215 Å². The molecule has 35 heavy (non-hydrogen) atoms. The minimum absolute atomic E-state index is 0.268. The molecule has 4 aliphatic heterocycles. The summed E-state index contributed by atoms with van der Waals surface area (Å²) in [5, 5.41) is 11.9. The summed E-state index contributed by atoms with van der Waals surface area (Å²) in [6.07, 6.45) is 34.1. The first kappa shape index (κ1) is 25.5. The van der Waals surface area contributed by atoms with Gasteiger partial charge in [-0.15, -0.1) is 0 Å². The molecule has 4 fully saturated rings. The van der Waals surface area contributed by atoms with Gasteiger partial charge in [0.15, 0.2) is 0 Å². The van der Waals surface area contributed by atoms with Crippen LogP contribution >= 0.6 is 0 Å². The van der Waals surface area contributed by atoms with E-state index >= 15 is 0 Å². The smallest absolute Gasteiger partial charge is 0.0808 e. The summed E-state index contributed by atoms with van der Waals surface area (Å²) < 4.78 is 0. The van der Waals surface area contributed by atoms with Crippen molar-refractivity contribution in [3.05, 3.63) is 48.1 Å². The highest BCUT2D eigenvalue weighted by Gasteiger charge is 2.58. The molecule has 0 aromatic rings. The molecule has 4 bridgehead atoms. The van der Waals surface area contributed by atoms with E-state index in [2.05, 4.69) is 52.3 Å². The minimum Gasteiger partial charge on any atom is -0.388 e. The summed E-state index contributed by atoms with van der Waals surface area (Å²) in [5.41, 5.74) is 1.70. The summed E-state index contributed by atoms with van der Waals surface area (Å²) in [6, 6.07) is 0.440. The van der Waals surface area contributed by atoms with E-state index in [-0.39, 0.29) is 6.10 Å². The molecule has 3 heteroatoms. The molecule has 4 heterocycles. The average Bonchev–Trinajstić information content (AvgIpc) is 2.87. The Morgan fingerprint density at radius 1 is 0.771 bits per heavy atom. The second-order valence-corrected chi connectivity index (χ2v) is 12.3. The summed E-state index contributed by atoms with van der Waals surface area (Å²) in [4.78, 5) is 5.60. The van der Waals surface area contributed by atoms with E-state index in [1.165, 1.54) is 102 Å². The molecule has 0 aromatic heterocycles. The number of allylic oxidation sites excluding steroid dienone is 6. The molecular formula is C32H50N2O. The van der Waals surface area contributed by atoms with Gasteiger partial charge in [-0.05, 0) is 55.6 Å². The van der Waals surface area contributed by atoms with Crippen molar-refractivity contribution in [1.29, 1.82) is 0 Å². The predicted octanol–water partition coefficient (Wildman–Crippen LogP) is 6.66. The third-order valence-corrected chi connectivity index (χ3v) is 9.96. The van der Waals surface area contributed by atoms with Gasteiger partial charge in [-0.2, -0.15) is 0 Å². The number of aliphatic hydroxyl groups is 1. The second-order valence-electron chi connectivity index (χ2n) is 12.3. The fourth-order valence-electron chi connectivity index (χ4n) is 8.25. The Balaban J connectivity index is 1.44. The van der Waals surface area contributed by atoms with E-state index < -0.39 is 0 Å². The number of hydrogen-bond donors (Lipinski definition) is 1. The van der Waals surface area contributed by atoms with E-state index in [1.54, 1.807) is 0 Å². The summed E-state index contributed by atoms with van der Waals surface area (Å²) in [6.45, 7) is 5.96. The molecule has 194 valence electrons. The van der Waals surface area contributed by atoms with Gasteiger partial charge in [0.25, 0.3) is 0 Å².